The number of anilines is 2. The Morgan fingerprint density at radius 2 is 1.96 bits per heavy atom. The summed E-state index contributed by atoms with van der Waals surface area (Å²) in [7, 11) is 3.83. The number of nitrogens with one attached hydrogen (secondary N) is 2. The normalized spacial score (nSPS) is 11.3. The van der Waals surface area contributed by atoms with E-state index in [1.54, 1.807) is 18.3 Å². The standard InChI is InChI=1S/C20H19FN6/c1-27(2)11-14-4-3-13(8-17(14)21)19-9-20(23-12-22-19)25-16-5-6-18-15(7-16)10-24-26-18/h3-10,12H,11H2,1-2H3,(H,24,26)(H,22,23,25). The molecular weight excluding hydrogens is 343 g/mol. The first-order valence-corrected chi connectivity index (χ1v) is 8.54. The van der Waals surface area contributed by atoms with E-state index in [1.807, 2.05) is 43.3 Å². The third kappa shape index (κ3) is 3.78. The maximum atomic E-state index is 14.4. The van der Waals surface area contributed by atoms with Gasteiger partial charge in [-0.3, -0.25) is 5.10 Å². The lowest BCUT2D eigenvalue weighted by Gasteiger charge is -2.12. The van der Waals surface area contributed by atoms with Gasteiger partial charge in [-0.05, 0) is 38.4 Å². The molecule has 0 spiro atoms. The summed E-state index contributed by atoms with van der Waals surface area (Å²) in [6.45, 7) is 0.555. The highest BCUT2D eigenvalue weighted by Crippen LogP contribution is 2.24. The monoisotopic (exact) mass is 362 g/mol. The molecule has 2 heterocycles. The van der Waals surface area contributed by atoms with E-state index in [4.69, 9.17) is 0 Å². The molecule has 0 aliphatic carbocycles. The Morgan fingerprint density at radius 3 is 2.78 bits per heavy atom. The van der Waals surface area contributed by atoms with Crippen molar-refractivity contribution >= 4 is 22.4 Å². The second-order valence-electron chi connectivity index (χ2n) is 6.63. The summed E-state index contributed by atoms with van der Waals surface area (Å²) in [4.78, 5) is 10.5. The number of hydrogen-bond donors (Lipinski definition) is 2. The van der Waals surface area contributed by atoms with Crippen molar-refractivity contribution in [2.24, 2.45) is 0 Å². The highest BCUT2D eigenvalue weighted by Gasteiger charge is 2.08. The predicted molar refractivity (Wildman–Crippen MR) is 104 cm³/mol. The Bertz CT molecular complexity index is 1090. The van der Waals surface area contributed by atoms with Crippen molar-refractivity contribution in [1.82, 2.24) is 25.1 Å². The van der Waals surface area contributed by atoms with Gasteiger partial charge in [0.1, 0.15) is 18.0 Å². The molecule has 0 fully saturated rings. The summed E-state index contributed by atoms with van der Waals surface area (Å²) in [5.41, 5.74) is 3.89. The van der Waals surface area contributed by atoms with Crippen LogP contribution in [0.15, 0.2) is 55.0 Å². The molecular formula is C20H19FN6. The van der Waals surface area contributed by atoms with Crippen molar-refractivity contribution in [2.45, 2.75) is 6.54 Å². The summed E-state index contributed by atoms with van der Waals surface area (Å²) < 4.78 is 14.4. The van der Waals surface area contributed by atoms with Gasteiger partial charge in [0.05, 0.1) is 17.4 Å². The van der Waals surface area contributed by atoms with Gasteiger partial charge in [0.25, 0.3) is 0 Å². The number of rotatable bonds is 5. The predicted octanol–water partition coefficient (Wildman–Crippen LogP) is 3.96. The molecule has 2 aromatic carbocycles. The van der Waals surface area contributed by atoms with E-state index in [2.05, 4.69) is 25.5 Å². The van der Waals surface area contributed by atoms with Crippen LogP contribution in [0.5, 0.6) is 0 Å². The Morgan fingerprint density at radius 1 is 1.07 bits per heavy atom. The average molecular weight is 362 g/mol. The lowest BCUT2D eigenvalue weighted by atomic mass is 10.1. The lowest BCUT2D eigenvalue weighted by Crippen LogP contribution is -2.11. The SMILES string of the molecule is CN(C)Cc1ccc(-c2cc(Nc3ccc4[nH]ncc4c3)ncn2)cc1F. The molecule has 7 heteroatoms. The molecule has 4 rings (SSSR count). The van der Waals surface area contributed by atoms with E-state index < -0.39 is 0 Å². The molecule has 0 radical (unpaired) electrons. The minimum absolute atomic E-state index is 0.236. The molecule has 0 unspecified atom stereocenters. The summed E-state index contributed by atoms with van der Waals surface area (Å²) in [6, 6.07) is 12.9. The van der Waals surface area contributed by atoms with Gasteiger partial charge in [-0.15, -0.1) is 0 Å². The molecule has 2 aromatic heterocycles. The molecule has 0 saturated heterocycles. The van der Waals surface area contributed by atoms with E-state index in [9.17, 15) is 4.39 Å². The van der Waals surface area contributed by atoms with Crippen molar-refractivity contribution in [3.05, 3.63) is 66.4 Å². The van der Waals surface area contributed by atoms with Crippen molar-refractivity contribution < 1.29 is 4.39 Å². The van der Waals surface area contributed by atoms with E-state index in [1.165, 1.54) is 12.4 Å². The van der Waals surface area contributed by atoms with Crippen LogP contribution in [0.25, 0.3) is 22.2 Å². The number of H-pyrrole nitrogens is 1. The summed E-state index contributed by atoms with van der Waals surface area (Å²) in [6.07, 6.45) is 3.24. The number of aromatic amines is 1. The van der Waals surface area contributed by atoms with Gasteiger partial charge in [0.15, 0.2) is 0 Å². The van der Waals surface area contributed by atoms with Crippen LogP contribution in [-0.2, 0) is 6.54 Å². The van der Waals surface area contributed by atoms with Gasteiger partial charge < -0.3 is 10.2 Å². The minimum Gasteiger partial charge on any atom is -0.340 e. The third-order valence-electron chi connectivity index (χ3n) is 4.22. The van der Waals surface area contributed by atoms with Crippen LogP contribution in [-0.4, -0.2) is 39.2 Å². The van der Waals surface area contributed by atoms with E-state index >= 15 is 0 Å². The third-order valence-corrected chi connectivity index (χ3v) is 4.22. The zero-order valence-electron chi connectivity index (χ0n) is 15.1. The van der Waals surface area contributed by atoms with Crippen LogP contribution in [0.1, 0.15) is 5.56 Å². The quantitative estimate of drug-likeness (QED) is 0.562. The molecule has 27 heavy (non-hydrogen) atoms. The van der Waals surface area contributed by atoms with Crippen molar-refractivity contribution in [3.63, 3.8) is 0 Å². The number of fused-ring (bicyclic) bond motifs is 1. The fraction of sp³-hybridized carbons (Fsp3) is 0.150. The molecule has 0 aliphatic heterocycles. The van der Waals surface area contributed by atoms with Crippen LogP contribution in [0, 0.1) is 5.82 Å². The second kappa shape index (κ2) is 7.13. The largest absolute Gasteiger partial charge is 0.340 e. The van der Waals surface area contributed by atoms with Gasteiger partial charge in [0.2, 0.25) is 0 Å². The Kier molecular flexibility index (Phi) is 4.52. The van der Waals surface area contributed by atoms with Crippen molar-refractivity contribution in [1.29, 1.82) is 0 Å². The topological polar surface area (TPSA) is 69.7 Å². The van der Waals surface area contributed by atoms with Crippen molar-refractivity contribution in [3.8, 4) is 11.3 Å². The van der Waals surface area contributed by atoms with Crippen LogP contribution in [0.3, 0.4) is 0 Å². The second-order valence-corrected chi connectivity index (χ2v) is 6.63. The van der Waals surface area contributed by atoms with Gasteiger partial charge >= 0.3 is 0 Å². The first-order chi connectivity index (χ1) is 13.1. The fourth-order valence-electron chi connectivity index (χ4n) is 2.93. The highest BCUT2D eigenvalue weighted by atomic mass is 19.1. The van der Waals surface area contributed by atoms with Crippen LogP contribution >= 0.6 is 0 Å². The Balaban J connectivity index is 1.59. The summed E-state index contributed by atoms with van der Waals surface area (Å²) in [5.74, 6) is 0.403. The van der Waals surface area contributed by atoms with E-state index in [0.717, 1.165) is 16.6 Å². The van der Waals surface area contributed by atoms with Crippen LogP contribution in [0.2, 0.25) is 0 Å². The molecule has 6 nitrogen and oxygen atoms in total. The molecule has 136 valence electrons. The lowest BCUT2D eigenvalue weighted by molar-refractivity contribution is 0.392. The zero-order chi connectivity index (χ0) is 18.8. The molecule has 4 aromatic rings. The van der Waals surface area contributed by atoms with Gasteiger partial charge in [-0.1, -0.05) is 12.1 Å². The fourth-order valence-corrected chi connectivity index (χ4v) is 2.93. The minimum atomic E-state index is -0.236. The number of aromatic nitrogens is 4. The molecule has 0 atom stereocenters. The first kappa shape index (κ1) is 17.1. The van der Waals surface area contributed by atoms with Gasteiger partial charge in [-0.25, -0.2) is 14.4 Å². The maximum Gasteiger partial charge on any atom is 0.134 e. The smallest absolute Gasteiger partial charge is 0.134 e. The molecule has 2 N–H and O–H groups in total. The number of halogens is 1. The van der Waals surface area contributed by atoms with E-state index in [-0.39, 0.29) is 5.82 Å². The van der Waals surface area contributed by atoms with Crippen molar-refractivity contribution in [2.75, 3.05) is 19.4 Å². The van der Waals surface area contributed by atoms with Crippen LogP contribution in [0.4, 0.5) is 15.9 Å². The van der Waals surface area contributed by atoms with Gasteiger partial charge in [-0.2, -0.15) is 5.10 Å². The Labute approximate surface area is 156 Å². The average Bonchev–Trinajstić information content (AvgIpc) is 3.11. The molecule has 0 bridgehead atoms. The summed E-state index contributed by atoms with van der Waals surface area (Å²) in [5, 5.41) is 11.2. The summed E-state index contributed by atoms with van der Waals surface area (Å²) >= 11 is 0. The molecule has 0 amide bonds. The number of hydrogen-bond acceptors (Lipinski definition) is 5. The maximum absolute atomic E-state index is 14.4. The Hall–Kier alpha value is -3.32. The zero-order valence-corrected chi connectivity index (χ0v) is 15.1. The molecule has 0 aliphatic rings. The number of benzene rings is 2. The highest BCUT2D eigenvalue weighted by molar-refractivity contribution is 5.82. The first-order valence-electron chi connectivity index (χ1n) is 8.54. The van der Waals surface area contributed by atoms with Gasteiger partial charge in [0, 0.05) is 34.8 Å². The molecule has 0 saturated carbocycles. The number of nitrogens with zero attached hydrogens (tertiary/aromatic N) is 4. The van der Waals surface area contributed by atoms with E-state index in [0.29, 0.717) is 29.2 Å². The van der Waals surface area contributed by atoms with Crippen LogP contribution < -0.4 is 5.32 Å².